The molecule has 0 saturated carbocycles. The average Bonchev–Trinajstić information content (AvgIpc) is 3.36. The van der Waals surface area contributed by atoms with Crippen LogP contribution in [0.2, 0.25) is 0 Å². The minimum atomic E-state index is -3.87. The van der Waals surface area contributed by atoms with Gasteiger partial charge in [-0.15, -0.1) is 0 Å². The van der Waals surface area contributed by atoms with E-state index in [2.05, 4.69) is 25.2 Å². The third-order valence-electron chi connectivity index (χ3n) is 5.08. The number of pyridine rings is 1. The highest BCUT2D eigenvalue weighted by Gasteiger charge is 2.27. The number of rotatable bonds is 8. The lowest BCUT2D eigenvalue weighted by Gasteiger charge is -2.19. The lowest BCUT2D eigenvalue weighted by atomic mass is 9.94. The molecule has 4 aromatic rings. The van der Waals surface area contributed by atoms with Crippen LogP contribution in [0.25, 0.3) is 23.0 Å². The number of carbonyl (C=O) groups is 1. The van der Waals surface area contributed by atoms with Crippen LogP contribution in [0.15, 0.2) is 82.3 Å². The molecule has 11 heteroatoms. The maximum Gasteiger partial charge on any atom is 0.276 e. The van der Waals surface area contributed by atoms with Crippen molar-refractivity contribution >= 4 is 27.3 Å². The van der Waals surface area contributed by atoms with E-state index in [1.165, 1.54) is 50.2 Å². The number of anilines is 2. The Kier molecular flexibility index (Phi) is 6.61. The van der Waals surface area contributed by atoms with Gasteiger partial charge in [-0.2, -0.15) is 4.98 Å². The van der Waals surface area contributed by atoms with Gasteiger partial charge in [0.05, 0.1) is 10.3 Å². The number of alkyl halides is 1. The summed E-state index contributed by atoms with van der Waals surface area (Å²) in [5, 5.41) is 6.54. The number of hydrogen-bond acceptors (Lipinski definition) is 7. The molecule has 0 aliphatic heterocycles. The Bertz CT molecular complexity index is 1420. The monoisotopic (exact) mass is 495 g/mol. The number of hydrogen-bond donors (Lipinski definition) is 2. The molecule has 4 rings (SSSR count). The van der Waals surface area contributed by atoms with Gasteiger partial charge in [0.2, 0.25) is 11.7 Å². The lowest BCUT2D eigenvalue weighted by molar-refractivity contribution is -0.124. The van der Waals surface area contributed by atoms with E-state index in [4.69, 9.17) is 4.52 Å². The minimum absolute atomic E-state index is 0.0387. The van der Waals surface area contributed by atoms with Crippen molar-refractivity contribution in [3.8, 4) is 23.0 Å². The van der Waals surface area contributed by atoms with Crippen LogP contribution >= 0.6 is 0 Å². The van der Waals surface area contributed by atoms with Gasteiger partial charge in [-0.1, -0.05) is 11.2 Å². The molecule has 2 heterocycles. The maximum absolute atomic E-state index is 13.0. The molecule has 0 spiro atoms. The van der Waals surface area contributed by atoms with E-state index in [9.17, 15) is 17.6 Å². The van der Waals surface area contributed by atoms with Crippen molar-refractivity contribution in [1.29, 1.82) is 0 Å². The van der Waals surface area contributed by atoms with Crippen LogP contribution in [0.3, 0.4) is 0 Å². The summed E-state index contributed by atoms with van der Waals surface area (Å²) in [6.45, 7) is 2.19. The number of aromatic nitrogens is 3. The van der Waals surface area contributed by atoms with Crippen LogP contribution in [0.4, 0.5) is 15.8 Å². The first kappa shape index (κ1) is 24.0. The summed E-state index contributed by atoms with van der Waals surface area (Å²) in [6, 6.07) is 17.4. The normalized spacial score (nSPS) is 11.7. The average molecular weight is 496 g/mol. The van der Waals surface area contributed by atoms with Crippen molar-refractivity contribution in [2.75, 3.05) is 16.7 Å². The number of carbonyl (C=O) groups excluding carboxylic acids is 1. The number of benzene rings is 2. The summed E-state index contributed by atoms with van der Waals surface area (Å²) in [7, 11) is -3.87. The van der Waals surface area contributed by atoms with Gasteiger partial charge in [0, 0.05) is 23.1 Å². The smallest absolute Gasteiger partial charge is 0.276 e. The number of nitrogens with zero attached hydrogens (tertiary/aromatic N) is 3. The van der Waals surface area contributed by atoms with Crippen molar-refractivity contribution in [1.82, 2.24) is 15.1 Å². The Morgan fingerprint density at radius 3 is 2.31 bits per heavy atom. The Morgan fingerprint density at radius 1 is 1.00 bits per heavy atom. The summed E-state index contributed by atoms with van der Waals surface area (Å²) in [5.74, 6) is 0.0881. The zero-order valence-corrected chi connectivity index (χ0v) is 19.7. The Labute approximate surface area is 201 Å². The molecule has 0 bridgehead atoms. The van der Waals surface area contributed by atoms with E-state index in [1.54, 1.807) is 36.5 Å². The highest BCUT2D eigenvalue weighted by atomic mass is 32.2. The zero-order valence-electron chi connectivity index (χ0n) is 18.9. The molecule has 0 fully saturated rings. The van der Waals surface area contributed by atoms with E-state index in [0.717, 1.165) is 0 Å². The summed E-state index contributed by atoms with van der Waals surface area (Å²) in [5.41, 5.74) is 0.676. The number of nitrogens with one attached hydrogen (secondary N) is 2. The summed E-state index contributed by atoms with van der Waals surface area (Å²) >= 11 is 0. The standard InChI is InChI=1S/C24H22FN5O4S/c1-24(2,15-25)23(31)27-17-8-10-18(11-9-17)30-35(32,33)19-12-6-16(7-13-19)21-28-22(34-29-21)20-5-3-4-14-26-20/h3-14,30H,15H2,1-2H3,(H,27,31). The fourth-order valence-corrected chi connectivity index (χ4v) is 3.97. The quantitative estimate of drug-likeness (QED) is 0.367. The van der Waals surface area contributed by atoms with Crippen molar-refractivity contribution in [3.63, 3.8) is 0 Å². The molecule has 0 unspecified atom stereocenters. The van der Waals surface area contributed by atoms with Crippen molar-refractivity contribution in [2.45, 2.75) is 18.7 Å². The van der Waals surface area contributed by atoms with Gasteiger partial charge in [0.1, 0.15) is 12.4 Å². The Morgan fingerprint density at radius 2 is 1.69 bits per heavy atom. The van der Waals surface area contributed by atoms with Crippen LogP contribution in [-0.2, 0) is 14.8 Å². The first-order valence-electron chi connectivity index (χ1n) is 10.5. The first-order valence-corrected chi connectivity index (χ1v) is 12.0. The van der Waals surface area contributed by atoms with Gasteiger partial charge in [-0.05, 0) is 74.5 Å². The van der Waals surface area contributed by atoms with Gasteiger partial charge in [0.15, 0.2) is 0 Å². The van der Waals surface area contributed by atoms with Crippen LogP contribution in [0.1, 0.15) is 13.8 Å². The van der Waals surface area contributed by atoms with E-state index < -0.39 is 28.0 Å². The van der Waals surface area contributed by atoms with Gasteiger partial charge in [0.25, 0.3) is 15.9 Å². The molecule has 9 nitrogen and oxygen atoms in total. The molecule has 180 valence electrons. The SMILES string of the molecule is CC(C)(CF)C(=O)Nc1ccc(NS(=O)(=O)c2ccc(-c3noc(-c4ccccn4)n3)cc2)cc1. The molecule has 1 amide bonds. The number of halogens is 1. The predicted molar refractivity (Wildman–Crippen MR) is 129 cm³/mol. The highest BCUT2D eigenvalue weighted by molar-refractivity contribution is 7.92. The topological polar surface area (TPSA) is 127 Å². The van der Waals surface area contributed by atoms with E-state index in [0.29, 0.717) is 28.5 Å². The minimum Gasteiger partial charge on any atom is -0.332 e. The largest absolute Gasteiger partial charge is 0.332 e. The maximum atomic E-state index is 13.0. The molecule has 0 atom stereocenters. The third-order valence-corrected chi connectivity index (χ3v) is 6.47. The number of sulfonamides is 1. The summed E-state index contributed by atoms with van der Waals surface area (Å²) in [4.78, 5) is 20.6. The third kappa shape index (κ3) is 5.52. The molecule has 0 aliphatic rings. The van der Waals surface area contributed by atoms with Crippen LogP contribution in [-0.4, -0.2) is 36.1 Å². The van der Waals surface area contributed by atoms with Crippen molar-refractivity contribution < 1.29 is 22.1 Å². The predicted octanol–water partition coefficient (Wildman–Crippen LogP) is 4.53. The molecular formula is C24H22FN5O4S. The molecular weight excluding hydrogens is 473 g/mol. The molecule has 2 aromatic carbocycles. The van der Waals surface area contributed by atoms with Gasteiger partial charge < -0.3 is 9.84 Å². The molecule has 0 aliphatic carbocycles. The summed E-state index contributed by atoms with van der Waals surface area (Å²) < 4.78 is 46.3. The van der Waals surface area contributed by atoms with Crippen LogP contribution in [0.5, 0.6) is 0 Å². The molecule has 0 saturated heterocycles. The number of amides is 1. The van der Waals surface area contributed by atoms with Gasteiger partial charge in [-0.25, -0.2) is 12.8 Å². The van der Waals surface area contributed by atoms with E-state index in [1.807, 2.05) is 0 Å². The fourth-order valence-electron chi connectivity index (χ4n) is 2.91. The van der Waals surface area contributed by atoms with Crippen molar-refractivity contribution in [2.24, 2.45) is 5.41 Å². The second-order valence-corrected chi connectivity index (χ2v) is 10.00. The second kappa shape index (κ2) is 9.63. The molecule has 0 radical (unpaired) electrons. The van der Waals surface area contributed by atoms with E-state index in [-0.39, 0.29) is 10.8 Å². The van der Waals surface area contributed by atoms with Crippen LogP contribution < -0.4 is 10.0 Å². The first-order chi connectivity index (χ1) is 16.7. The second-order valence-electron chi connectivity index (χ2n) is 8.32. The zero-order chi connectivity index (χ0) is 25.1. The van der Waals surface area contributed by atoms with E-state index >= 15 is 0 Å². The van der Waals surface area contributed by atoms with Crippen molar-refractivity contribution in [3.05, 3.63) is 72.9 Å². The Hall–Kier alpha value is -4.12. The van der Waals surface area contributed by atoms with Gasteiger partial charge in [-0.3, -0.25) is 14.5 Å². The van der Waals surface area contributed by atoms with Gasteiger partial charge >= 0.3 is 0 Å². The summed E-state index contributed by atoms with van der Waals surface area (Å²) in [6.07, 6.45) is 1.61. The highest BCUT2D eigenvalue weighted by Crippen LogP contribution is 2.24. The molecule has 2 aromatic heterocycles. The lowest BCUT2D eigenvalue weighted by Crippen LogP contribution is -2.32. The van der Waals surface area contributed by atoms with Crippen LogP contribution in [0, 0.1) is 5.41 Å². The fraction of sp³-hybridized carbons (Fsp3) is 0.167. The Balaban J connectivity index is 1.44. The molecule has 35 heavy (non-hydrogen) atoms. The molecule has 2 N–H and O–H groups in total.